The molecule has 0 spiro atoms. The van der Waals surface area contributed by atoms with Crippen molar-refractivity contribution in [3.8, 4) is 6.07 Å². The zero-order valence-corrected chi connectivity index (χ0v) is 9.26. The van der Waals surface area contributed by atoms with Gasteiger partial charge >= 0.3 is 0 Å². The van der Waals surface area contributed by atoms with E-state index in [0.717, 1.165) is 19.3 Å². The molecule has 0 aromatic carbocycles. The second kappa shape index (κ2) is 4.81. The molecule has 0 aromatic rings. The van der Waals surface area contributed by atoms with Crippen LogP contribution in [-0.4, -0.2) is 42.6 Å². The van der Waals surface area contributed by atoms with Gasteiger partial charge in [0.2, 0.25) is 5.91 Å². The maximum atomic E-state index is 12.1. The lowest BCUT2D eigenvalue weighted by molar-refractivity contribution is -0.141. The molecule has 3 atom stereocenters. The molecule has 0 bridgehead atoms. The Hall–Kier alpha value is -1.12. The summed E-state index contributed by atoms with van der Waals surface area (Å²) < 4.78 is 5.21. The Morgan fingerprint density at radius 3 is 2.94 bits per heavy atom. The first kappa shape index (κ1) is 11.4. The van der Waals surface area contributed by atoms with Gasteiger partial charge in [0.05, 0.1) is 19.2 Å². The number of carbonyl (C=O) groups is 1. The van der Waals surface area contributed by atoms with Crippen LogP contribution in [0.4, 0.5) is 0 Å². The Bertz CT molecular complexity index is 313. The summed E-state index contributed by atoms with van der Waals surface area (Å²) in [7, 11) is 0. The van der Waals surface area contributed by atoms with E-state index < -0.39 is 6.10 Å². The molecular formula is C11H17N3O2. The van der Waals surface area contributed by atoms with Crippen LogP contribution in [0.3, 0.4) is 0 Å². The number of nitrogens with two attached hydrogens (primary N) is 1. The summed E-state index contributed by atoms with van der Waals surface area (Å²) in [5.74, 6) is 0.212. The molecule has 1 saturated heterocycles. The van der Waals surface area contributed by atoms with E-state index in [-0.39, 0.29) is 17.9 Å². The van der Waals surface area contributed by atoms with Crippen molar-refractivity contribution in [1.29, 1.82) is 5.26 Å². The fourth-order valence-electron chi connectivity index (χ4n) is 2.43. The van der Waals surface area contributed by atoms with Crippen LogP contribution in [0.5, 0.6) is 0 Å². The van der Waals surface area contributed by atoms with E-state index in [2.05, 4.69) is 0 Å². The molecule has 0 radical (unpaired) electrons. The summed E-state index contributed by atoms with van der Waals surface area (Å²) >= 11 is 0. The summed E-state index contributed by atoms with van der Waals surface area (Å²) in [4.78, 5) is 13.9. The Kier molecular flexibility index (Phi) is 3.42. The van der Waals surface area contributed by atoms with Crippen molar-refractivity contribution in [2.24, 2.45) is 11.7 Å². The third-order valence-corrected chi connectivity index (χ3v) is 3.34. The average Bonchev–Trinajstić information content (AvgIpc) is 2.75. The highest BCUT2D eigenvalue weighted by Crippen LogP contribution is 2.26. The number of nitrogens with zero attached hydrogens (tertiary/aromatic N) is 2. The molecule has 1 aliphatic heterocycles. The molecule has 1 saturated carbocycles. The van der Waals surface area contributed by atoms with Gasteiger partial charge in [-0.25, -0.2) is 0 Å². The molecule has 16 heavy (non-hydrogen) atoms. The number of morpholine rings is 1. The molecule has 2 N–H and O–H groups in total. The molecule has 5 nitrogen and oxygen atoms in total. The lowest BCUT2D eigenvalue weighted by atomic mass is 10.1. The van der Waals surface area contributed by atoms with E-state index in [1.54, 1.807) is 4.90 Å². The van der Waals surface area contributed by atoms with Gasteiger partial charge in [-0.15, -0.1) is 0 Å². The van der Waals surface area contributed by atoms with E-state index in [1.165, 1.54) is 0 Å². The van der Waals surface area contributed by atoms with Gasteiger partial charge in [-0.3, -0.25) is 4.79 Å². The van der Waals surface area contributed by atoms with Gasteiger partial charge in [0, 0.05) is 18.5 Å². The normalized spacial score (nSPS) is 34.8. The first-order valence-corrected chi connectivity index (χ1v) is 5.76. The average molecular weight is 223 g/mol. The van der Waals surface area contributed by atoms with Crippen molar-refractivity contribution >= 4 is 5.91 Å². The van der Waals surface area contributed by atoms with Crippen LogP contribution in [0.15, 0.2) is 0 Å². The summed E-state index contributed by atoms with van der Waals surface area (Å²) in [6.45, 7) is 1.46. The quantitative estimate of drug-likeness (QED) is 0.671. The van der Waals surface area contributed by atoms with Crippen molar-refractivity contribution < 1.29 is 9.53 Å². The third-order valence-electron chi connectivity index (χ3n) is 3.34. The zero-order valence-electron chi connectivity index (χ0n) is 9.26. The molecule has 2 fully saturated rings. The molecule has 1 amide bonds. The second-order valence-corrected chi connectivity index (χ2v) is 4.54. The van der Waals surface area contributed by atoms with Crippen molar-refractivity contribution in [3.63, 3.8) is 0 Å². The van der Waals surface area contributed by atoms with Crippen molar-refractivity contribution in [3.05, 3.63) is 0 Å². The summed E-state index contributed by atoms with van der Waals surface area (Å²) in [5.41, 5.74) is 5.80. The molecule has 2 rings (SSSR count). The van der Waals surface area contributed by atoms with Crippen LogP contribution in [0, 0.1) is 17.2 Å². The van der Waals surface area contributed by atoms with Crippen LogP contribution >= 0.6 is 0 Å². The number of rotatable bonds is 1. The van der Waals surface area contributed by atoms with E-state index in [0.29, 0.717) is 19.7 Å². The van der Waals surface area contributed by atoms with Crippen molar-refractivity contribution in [2.45, 2.75) is 31.4 Å². The molecule has 2 aliphatic rings. The van der Waals surface area contributed by atoms with Gasteiger partial charge in [-0.1, -0.05) is 0 Å². The van der Waals surface area contributed by atoms with Gasteiger partial charge in [0.25, 0.3) is 0 Å². The van der Waals surface area contributed by atoms with E-state index in [9.17, 15) is 4.79 Å². The molecule has 3 unspecified atom stereocenters. The fourth-order valence-corrected chi connectivity index (χ4v) is 2.43. The highest BCUT2D eigenvalue weighted by Gasteiger charge is 2.33. The lowest BCUT2D eigenvalue weighted by Crippen LogP contribution is -2.47. The van der Waals surface area contributed by atoms with Crippen molar-refractivity contribution in [2.75, 3.05) is 19.7 Å². The third kappa shape index (κ3) is 2.34. The highest BCUT2D eigenvalue weighted by atomic mass is 16.5. The predicted molar refractivity (Wildman–Crippen MR) is 57.2 cm³/mol. The molecule has 5 heteroatoms. The van der Waals surface area contributed by atoms with Crippen LogP contribution in [0.25, 0.3) is 0 Å². The maximum absolute atomic E-state index is 12.1. The smallest absolute Gasteiger partial charge is 0.225 e. The molecular weight excluding hydrogens is 206 g/mol. The van der Waals surface area contributed by atoms with Gasteiger partial charge in [-0.2, -0.15) is 5.26 Å². The number of nitriles is 1. The van der Waals surface area contributed by atoms with Crippen LogP contribution < -0.4 is 5.73 Å². The highest BCUT2D eigenvalue weighted by molar-refractivity contribution is 5.79. The molecule has 1 heterocycles. The first-order chi connectivity index (χ1) is 7.70. The number of amides is 1. The SMILES string of the molecule is N#CC1CN(C(=O)C2CCC(N)C2)CCO1. The van der Waals surface area contributed by atoms with E-state index >= 15 is 0 Å². The standard InChI is InChI=1S/C11H17N3O2/c12-6-10-7-14(3-4-16-10)11(15)8-1-2-9(13)5-8/h8-10H,1-5,7,13H2. The molecule has 88 valence electrons. The minimum absolute atomic E-state index is 0.0624. The van der Waals surface area contributed by atoms with Gasteiger partial charge in [-0.05, 0) is 19.3 Å². The van der Waals surface area contributed by atoms with Crippen LogP contribution in [0.2, 0.25) is 0 Å². The number of hydrogen-bond acceptors (Lipinski definition) is 4. The van der Waals surface area contributed by atoms with E-state index in [1.807, 2.05) is 6.07 Å². The molecule has 1 aliphatic carbocycles. The summed E-state index contributed by atoms with van der Waals surface area (Å²) in [6, 6.07) is 2.22. The van der Waals surface area contributed by atoms with Crippen molar-refractivity contribution in [1.82, 2.24) is 4.90 Å². The second-order valence-electron chi connectivity index (χ2n) is 4.54. The van der Waals surface area contributed by atoms with Gasteiger partial charge < -0.3 is 15.4 Å². The molecule has 0 aromatic heterocycles. The number of ether oxygens (including phenoxy) is 1. The Morgan fingerprint density at radius 1 is 1.50 bits per heavy atom. The zero-order chi connectivity index (χ0) is 11.5. The van der Waals surface area contributed by atoms with Crippen LogP contribution in [-0.2, 0) is 9.53 Å². The summed E-state index contributed by atoms with van der Waals surface area (Å²) in [6.07, 6.45) is 2.14. The Morgan fingerprint density at radius 2 is 2.31 bits per heavy atom. The maximum Gasteiger partial charge on any atom is 0.225 e. The Labute approximate surface area is 95.1 Å². The number of carbonyl (C=O) groups excluding carboxylic acids is 1. The first-order valence-electron chi connectivity index (χ1n) is 5.76. The minimum atomic E-state index is -0.465. The summed E-state index contributed by atoms with van der Waals surface area (Å²) in [5, 5.41) is 8.77. The minimum Gasteiger partial charge on any atom is -0.360 e. The topological polar surface area (TPSA) is 79.4 Å². The predicted octanol–water partition coefficient (Wildman–Crippen LogP) is -0.135. The fraction of sp³-hybridized carbons (Fsp3) is 0.818. The lowest BCUT2D eigenvalue weighted by Gasteiger charge is -2.31. The Balaban J connectivity index is 1.92. The largest absolute Gasteiger partial charge is 0.360 e. The van der Waals surface area contributed by atoms with E-state index in [4.69, 9.17) is 15.7 Å². The van der Waals surface area contributed by atoms with Gasteiger partial charge in [0.1, 0.15) is 0 Å². The van der Waals surface area contributed by atoms with Gasteiger partial charge in [0.15, 0.2) is 6.10 Å². The monoisotopic (exact) mass is 223 g/mol. The number of hydrogen-bond donors (Lipinski definition) is 1. The van der Waals surface area contributed by atoms with Crippen LogP contribution in [0.1, 0.15) is 19.3 Å².